The van der Waals surface area contributed by atoms with Crippen LogP contribution < -0.4 is 10.1 Å². The molecule has 2 aliphatic rings. The number of carbonyl (C=O) groups excluding carboxylic acids is 2. The van der Waals surface area contributed by atoms with E-state index < -0.39 is 0 Å². The molecule has 0 bridgehead atoms. The first-order valence-corrected chi connectivity index (χ1v) is 9.53. The predicted molar refractivity (Wildman–Crippen MR) is 107 cm³/mol. The highest BCUT2D eigenvalue weighted by atomic mass is 35.5. The maximum atomic E-state index is 12.6. The lowest BCUT2D eigenvalue weighted by atomic mass is 10.0. The van der Waals surface area contributed by atoms with Crippen molar-refractivity contribution in [3.05, 3.63) is 29.3 Å². The van der Waals surface area contributed by atoms with E-state index in [9.17, 15) is 9.59 Å². The summed E-state index contributed by atoms with van der Waals surface area (Å²) in [6, 6.07) is 6.12. The van der Waals surface area contributed by atoms with Crippen LogP contribution in [-0.2, 0) is 9.59 Å². The summed E-state index contributed by atoms with van der Waals surface area (Å²) in [5.41, 5.74) is 2.31. The Morgan fingerprint density at radius 3 is 2.89 bits per heavy atom. The fourth-order valence-corrected chi connectivity index (χ4v) is 3.73. The van der Waals surface area contributed by atoms with Crippen LogP contribution in [0.15, 0.2) is 18.2 Å². The number of ether oxygens (including phenoxy) is 1. The fourth-order valence-electron chi connectivity index (χ4n) is 3.73. The third-order valence-corrected chi connectivity index (χ3v) is 5.44. The second-order valence-corrected chi connectivity index (χ2v) is 7.20. The van der Waals surface area contributed by atoms with Crippen molar-refractivity contribution in [2.45, 2.75) is 39.2 Å². The Kier molecular flexibility index (Phi) is 7.92. The van der Waals surface area contributed by atoms with Crippen LogP contribution in [0.2, 0.25) is 0 Å². The Balaban J connectivity index is 0.00000261. The number of amides is 2. The van der Waals surface area contributed by atoms with Gasteiger partial charge in [-0.05, 0) is 43.9 Å². The average Bonchev–Trinajstić information content (AvgIpc) is 2.65. The van der Waals surface area contributed by atoms with Crippen molar-refractivity contribution >= 4 is 24.2 Å². The van der Waals surface area contributed by atoms with E-state index in [1.54, 1.807) is 0 Å². The van der Waals surface area contributed by atoms with Crippen molar-refractivity contribution in [2.75, 3.05) is 39.3 Å². The Hall–Kier alpha value is -1.79. The molecule has 0 saturated carbocycles. The minimum atomic E-state index is 0. The van der Waals surface area contributed by atoms with Crippen molar-refractivity contribution in [2.24, 2.45) is 0 Å². The summed E-state index contributed by atoms with van der Waals surface area (Å²) < 4.78 is 5.82. The molecule has 0 spiro atoms. The van der Waals surface area contributed by atoms with Gasteiger partial charge in [-0.1, -0.05) is 12.1 Å². The third kappa shape index (κ3) is 5.36. The number of piperidine rings is 1. The van der Waals surface area contributed by atoms with Gasteiger partial charge in [0.25, 0.3) is 0 Å². The SMILES string of the molecule is Cc1cccc(OCCC(=O)N2CCCC(N3CCNCC3=O)C2)c1C.Cl. The van der Waals surface area contributed by atoms with Gasteiger partial charge in [0.15, 0.2) is 0 Å². The lowest BCUT2D eigenvalue weighted by Crippen LogP contribution is -2.57. The van der Waals surface area contributed by atoms with Gasteiger partial charge >= 0.3 is 0 Å². The lowest BCUT2D eigenvalue weighted by molar-refractivity contribution is -0.140. The second kappa shape index (κ2) is 9.95. The number of hydrogen-bond donors (Lipinski definition) is 1. The lowest BCUT2D eigenvalue weighted by Gasteiger charge is -2.41. The molecule has 2 aliphatic heterocycles. The van der Waals surface area contributed by atoms with Gasteiger partial charge in [-0.15, -0.1) is 12.4 Å². The van der Waals surface area contributed by atoms with Gasteiger partial charge in [-0.25, -0.2) is 0 Å². The molecule has 1 aromatic rings. The molecule has 1 aromatic carbocycles. The molecule has 150 valence electrons. The van der Waals surface area contributed by atoms with Gasteiger partial charge < -0.3 is 19.9 Å². The van der Waals surface area contributed by atoms with Crippen LogP contribution in [0.3, 0.4) is 0 Å². The number of nitrogens with one attached hydrogen (secondary N) is 1. The molecular formula is C20H30ClN3O3. The van der Waals surface area contributed by atoms with Gasteiger partial charge in [-0.3, -0.25) is 9.59 Å². The van der Waals surface area contributed by atoms with Gasteiger partial charge in [0.2, 0.25) is 11.8 Å². The number of halogens is 1. The molecule has 3 rings (SSSR count). The summed E-state index contributed by atoms with van der Waals surface area (Å²) >= 11 is 0. The normalized spacial score (nSPS) is 20.2. The zero-order valence-electron chi connectivity index (χ0n) is 16.2. The number of likely N-dealkylation sites (tertiary alicyclic amines) is 1. The van der Waals surface area contributed by atoms with Crippen LogP contribution in [-0.4, -0.2) is 67.0 Å². The van der Waals surface area contributed by atoms with Crippen molar-refractivity contribution in [1.29, 1.82) is 0 Å². The molecule has 2 heterocycles. The molecule has 0 radical (unpaired) electrons. The molecule has 1 unspecified atom stereocenters. The number of nitrogens with zero attached hydrogens (tertiary/aromatic N) is 2. The Morgan fingerprint density at radius 1 is 1.30 bits per heavy atom. The largest absolute Gasteiger partial charge is 0.493 e. The first-order chi connectivity index (χ1) is 12.6. The van der Waals surface area contributed by atoms with Crippen molar-refractivity contribution < 1.29 is 14.3 Å². The summed E-state index contributed by atoms with van der Waals surface area (Å²) in [5, 5.41) is 3.10. The van der Waals surface area contributed by atoms with E-state index in [0.717, 1.165) is 43.8 Å². The van der Waals surface area contributed by atoms with Crippen molar-refractivity contribution in [3.8, 4) is 5.75 Å². The van der Waals surface area contributed by atoms with Crippen LogP contribution in [0, 0.1) is 13.8 Å². The minimum Gasteiger partial charge on any atom is -0.493 e. The van der Waals surface area contributed by atoms with Gasteiger partial charge in [-0.2, -0.15) is 0 Å². The Bertz CT molecular complexity index is 668. The van der Waals surface area contributed by atoms with Crippen LogP contribution in [0.4, 0.5) is 0 Å². The molecule has 27 heavy (non-hydrogen) atoms. The van der Waals surface area contributed by atoms with Crippen molar-refractivity contribution in [1.82, 2.24) is 15.1 Å². The smallest absolute Gasteiger partial charge is 0.236 e. The molecule has 2 saturated heterocycles. The maximum Gasteiger partial charge on any atom is 0.236 e. The summed E-state index contributed by atoms with van der Waals surface area (Å²) in [5.74, 6) is 1.11. The topological polar surface area (TPSA) is 61.9 Å². The van der Waals surface area contributed by atoms with Crippen LogP contribution >= 0.6 is 12.4 Å². The van der Waals surface area contributed by atoms with Crippen LogP contribution in [0.1, 0.15) is 30.4 Å². The minimum absolute atomic E-state index is 0. The number of hydrogen-bond acceptors (Lipinski definition) is 4. The number of piperazine rings is 1. The first-order valence-electron chi connectivity index (χ1n) is 9.53. The molecule has 1 N–H and O–H groups in total. The Morgan fingerprint density at radius 2 is 2.11 bits per heavy atom. The highest BCUT2D eigenvalue weighted by Crippen LogP contribution is 2.21. The van der Waals surface area contributed by atoms with E-state index in [1.165, 1.54) is 5.56 Å². The molecule has 1 atom stereocenters. The van der Waals surface area contributed by atoms with E-state index >= 15 is 0 Å². The monoisotopic (exact) mass is 395 g/mol. The van der Waals surface area contributed by atoms with Gasteiger partial charge in [0, 0.05) is 32.2 Å². The predicted octanol–water partition coefficient (Wildman–Crippen LogP) is 1.92. The van der Waals surface area contributed by atoms with E-state index in [2.05, 4.69) is 18.3 Å². The zero-order chi connectivity index (χ0) is 18.5. The van der Waals surface area contributed by atoms with E-state index in [0.29, 0.717) is 26.1 Å². The molecule has 0 aliphatic carbocycles. The standard InChI is InChI=1S/C20H29N3O3.ClH/c1-15-5-3-7-18(16(15)2)26-12-8-19(24)22-10-4-6-17(14-22)23-11-9-21-13-20(23)25;/h3,5,7,17,21H,4,6,8-14H2,1-2H3;1H. The molecule has 7 heteroatoms. The highest BCUT2D eigenvalue weighted by molar-refractivity contribution is 5.85. The molecule has 0 aromatic heterocycles. The highest BCUT2D eigenvalue weighted by Gasteiger charge is 2.31. The number of carbonyl (C=O) groups is 2. The molecule has 2 amide bonds. The fraction of sp³-hybridized carbons (Fsp3) is 0.600. The summed E-state index contributed by atoms with van der Waals surface area (Å²) in [6.07, 6.45) is 2.30. The molecule has 2 fully saturated rings. The van der Waals surface area contributed by atoms with Crippen LogP contribution in [0.5, 0.6) is 5.75 Å². The molecular weight excluding hydrogens is 366 g/mol. The van der Waals surface area contributed by atoms with Gasteiger partial charge in [0.1, 0.15) is 5.75 Å². The number of rotatable bonds is 5. The summed E-state index contributed by atoms with van der Waals surface area (Å²) in [7, 11) is 0. The molecule has 6 nitrogen and oxygen atoms in total. The quantitative estimate of drug-likeness (QED) is 0.827. The second-order valence-electron chi connectivity index (χ2n) is 7.20. The first kappa shape index (κ1) is 21.5. The summed E-state index contributed by atoms with van der Waals surface area (Å²) in [4.78, 5) is 28.5. The third-order valence-electron chi connectivity index (χ3n) is 5.44. The van der Waals surface area contributed by atoms with Crippen LogP contribution in [0.25, 0.3) is 0 Å². The number of benzene rings is 1. The van der Waals surface area contributed by atoms with E-state index in [-0.39, 0.29) is 30.3 Å². The van der Waals surface area contributed by atoms with E-state index in [1.807, 2.05) is 28.9 Å². The number of aryl methyl sites for hydroxylation is 1. The van der Waals surface area contributed by atoms with E-state index in [4.69, 9.17) is 4.74 Å². The summed E-state index contributed by atoms with van der Waals surface area (Å²) in [6.45, 7) is 7.88. The maximum absolute atomic E-state index is 12.6. The average molecular weight is 396 g/mol. The van der Waals surface area contributed by atoms with Crippen molar-refractivity contribution in [3.63, 3.8) is 0 Å². The van der Waals surface area contributed by atoms with Gasteiger partial charge in [0.05, 0.1) is 19.6 Å². The zero-order valence-corrected chi connectivity index (χ0v) is 17.0. The Labute approximate surface area is 167 Å².